The third-order valence-corrected chi connectivity index (χ3v) is 9.64. The van der Waals surface area contributed by atoms with Crippen LogP contribution in [0.25, 0.3) is 0 Å². The van der Waals surface area contributed by atoms with Crippen molar-refractivity contribution < 1.29 is 25.2 Å². The molecule has 0 saturated heterocycles. The summed E-state index contributed by atoms with van der Waals surface area (Å²) in [6.45, 7) is 35.6. The number of ether oxygens (including phenoxy) is 1. The molecule has 0 fully saturated rings. The summed E-state index contributed by atoms with van der Waals surface area (Å²) in [5.41, 5.74) is 4.97. The van der Waals surface area contributed by atoms with Crippen molar-refractivity contribution in [3.8, 4) is 5.75 Å². The Kier molecular flexibility index (Phi) is 17.0. The Morgan fingerprint density at radius 1 is 0.652 bits per heavy atom. The molecule has 0 amide bonds. The van der Waals surface area contributed by atoms with E-state index in [2.05, 4.69) is 134 Å². The minimum atomic E-state index is -0.679. The predicted molar refractivity (Wildman–Crippen MR) is 202 cm³/mol. The van der Waals surface area contributed by atoms with Crippen LogP contribution in [0.4, 0.5) is 0 Å². The molecule has 2 aromatic rings. The fraction of sp³-hybridized carbons (Fsp3) is 0.641. The lowest BCUT2D eigenvalue weighted by molar-refractivity contribution is 0.126. The SMILES string of the molecule is C=C(O)C[C@H](O)CCOc1c(C(C)(C)C)cc(SC(C)(C)Sc2cc(C(C)(C)C)cc(C(C)(C)C)c2)cc1C(C)(C)C.CO.CO. The molecule has 0 heterocycles. The van der Waals surface area contributed by atoms with E-state index in [1.807, 2.05) is 23.5 Å². The third-order valence-electron chi connectivity index (χ3n) is 7.21. The summed E-state index contributed by atoms with van der Waals surface area (Å²) in [4.78, 5) is 2.54. The van der Waals surface area contributed by atoms with Crippen molar-refractivity contribution in [2.45, 2.75) is 151 Å². The van der Waals surface area contributed by atoms with E-state index in [9.17, 15) is 10.2 Å². The first-order chi connectivity index (χ1) is 20.8. The standard InChI is InChI=1S/C37H58O3S2.2CH4O/c1-24(38)18-27(39)16-17-40-32-30(35(8,9)10)22-29(23-31(32)36(11,12)13)42-37(14,15)41-28-20-25(33(2,3)4)19-26(21-28)34(5,6)7;2*1-2/h19-23,27,38-39H,1,16-18H2,2-15H3;2*2H,1H3/t27-;;/m1../s1. The summed E-state index contributed by atoms with van der Waals surface area (Å²) in [5.74, 6) is 0.905. The van der Waals surface area contributed by atoms with E-state index in [4.69, 9.17) is 14.9 Å². The van der Waals surface area contributed by atoms with Gasteiger partial charge in [-0.05, 0) is 70.9 Å². The Labute approximate surface area is 290 Å². The highest BCUT2D eigenvalue weighted by Gasteiger charge is 2.31. The second-order valence-corrected chi connectivity index (χ2v) is 19.9. The second-order valence-electron chi connectivity index (χ2n) is 16.3. The fourth-order valence-corrected chi connectivity index (χ4v) is 7.32. The number of aliphatic hydroxyl groups is 4. The topological polar surface area (TPSA) is 90.2 Å². The van der Waals surface area contributed by atoms with Gasteiger partial charge in [0.25, 0.3) is 0 Å². The van der Waals surface area contributed by atoms with Crippen LogP contribution in [0, 0.1) is 0 Å². The molecule has 5 nitrogen and oxygen atoms in total. The highest BCUT2D eigenvalue weighted by atomic mass is 32.2. The van der Waals surface area contributed by atoms with Crippen LogP contribution in [0.15, 0.2) is 52.5 Å². The van der Waals surface area contributed by atoms with Gasteiger partial charge in [0.2, 0.25) is 0 Å². The summed E-state index contributed by atoms with van der Waals surface area (Å²) in [6, 6.07) is 11.7. The Morgan fingerprint density at radius 3 is 1.35 bits per heavy atom. The quantitative estimate of drug-likeness (QED) is 0.113. The van der Waals surface area contributed by atoms with Crippen molar-refractivity contribution >= 4 is 23.5 Å². The van der Waals surface area contributed by atoms with E-state index in [0.717, 1.165) is 20.0 Å². The monoisotopic (exact) mass is 678 g/mol. The van der Waals surface area contributed by atoms with Crippen molar-refractivity contribution in [3.05, 3.63) is 64.9 Å². The molecule has 1 atom stereocenters. The number of thioether (sulfide) groups is 2. The van der Waals surface area contributed by atoms with Crippen LogP contribution in [0.5, 0.6) is 5.75 Å². The molecule has 2 rings (SSSR count). The Morgan fingerprint density at radius 2 is 1.02 bits per heavy atom. The highest BCUT2D eigenvalue weighted by molar-refractivity contribution is 8.18. The molecule has 0 bridgehead atoms. The van der Waals surface area contributed by atoms with Gasteiger partial charge in [-0.25, -0.2) is 0 Å². The molecule has 0 aliphatic rings. The summed E-state index contributed by atoms with van der Waals surface area (Å²) in [6.07, 6.45) is -0.0846. The molecule has 0 aromatic heterocycles. The molecule has 7 heteroatoms. The molecule has 2 aromatic carbocycles. The lowest BCUT2D eigenvalue weighted by Crippen LogP contribution is -2.22. The van der Waals surface area contributed by atoms with Crippen molar-refractivity contribution in [3.63, 3.8) is 0 Å². The summed E-state index contributed by atoms with van der Waals surface area (Å²) in [7, 11) is 2.00. The zero-order valence-corrected chi connectivity index (χ0v) is 33.4. The summed E-state index contributed by atoms with van der Waals surface area (Å²) >= 11 is 3.83. The number of hydrogen-bond donors (Lipinski definition) is 4. The van der Waals surface area contributed by atoms with Crippen molar-refractivity contribution in [1.82, 2.24) is 0 Å². The molecule has 0 aliphatic heterocycles. The smallest absolute Gasteiger partial charge is 0.126 e. The lowest BCUT2D eigenvalue weighted by atomic mass is 9.79. The zero-order valence-electron chi connectivity index (χ0n) is 31.8. The van der Waals surface area contributed by atoms with E-state index >= 15 is 0 Å². The maximum Gasteiger partial charge on any atom is 0.126 e. The second kappa shape index (κ2) is 17.7. The van der Waals surface area contributed by atoms with Gasteiger partial charge >= 0.3 is 0 Å². The molecule has 46 heavy (non-hydrogen) atoms. The third kappa shape index (κ3) is 14.6. The van der Waals surface area contributed by atoms with Crippen LogP contribution in [0.1, 0.15) is 132 Å². The van der Waals surface area contributed by atoms with Crippen molar-refractivity contribution in [2.24, 2.45) is 0 Å². The van der Waals surface area contributed by atoms with Gasteiger partial charge in [0.15, 0.2) is 0 Å². The number of benzene rings is 2. The maximum absolute atomic E-state index is 10.3. The Bertz CT molecular complexity index is 1170. The molecular weight excluding hydrogens is 613 g/mol. The molecular formula is C39H66O5S2. The molecule has 0 spiro atoms. The first kappa shape index (κ1) is 44.4. The predicted octanol–water partition coefficient (Wildman–Crippen LogP) is 10.3. The van der Waals surface area contributed by atoms with Gasteiger partial charge < -0.3 is 25.2 Å². The van der Waals surface area contributed by atoms with Gasteiger partial charge in [0.1, 0.15) is 5.75 Å². The zero-order chi connectivity index (χ0) is 36.5. The van der Waals surface area contributed by atoms with Crippen LogP contribution in [-0.2, 0) is 21.7 Å². The van der Waals surface area contributed by atoms with Crippen LogP contribution in [0.2, 0.25) is 0 Å². The van der Waals surface area contributed by atoms with Crippen LogP contribution >= 0.6 is 23.5 Å². The van der Waals surface area contributed by atoms with E-state index in [1.54, 1.807) is 0 Å². The average molecular weight is 679 g/mol. The highest BCUT2D eigenvalue weighted by Crippen LogP contribution is 2.50. The molecule has 0 unspecified atom stereocenters. The van der Waals surface area contributed by atoms with Gasteiger partial charge in [0.05, 0.1) is 22.5 Å². The van der Waals surface area contributed by atoms with Gasteiger partial charge in [-0.2, -0.15) is 0 Å². The fourth-order valence-electron chi connectivity index (χ4n) is 4.71. The Hall–Kier alpha value is -1.64. The van der Waals surface area contributed by atoms with E-state index < -0.39 is 6.10 Å². The first-order valence-electron chi connectivity index (χ1n) is 16.1. The van der Waals surface area contributed by atoms with Crippen molar-refractivity contribution in [2.75, 3.05) is 20.8 Å². The summed E-state index contributed by atoms with van der Waals surface area (Å²) in [5, 5.41) is 33.7. The van der Waals surface area contributed by atoms with E-state index in [-0.39, 0.29) is 37.9 Å². The minimum absolute atomic E-state index is 0.00474. The van der Waals surface area contributed by atoms with Gasteiger partial charge in [0, 0.05) is 48.0 Å². The van der Waals surface area contributed by atoms with Gasteiger partial charge in [-0.15, -0.1) is 23.5 Å². The molecule has 0 saturated carbocycles. The number of hydrogen-bond acceptors (Lipinski definition) is 7. The van der Waals surface area contributed by atoms with E-state index in [0.29, 0.717) is 13.0 Å². The van der Waals surface area contributed by atoms with Gasteiger partial charge in [-0.3, -0.25) is 0 Å². The molecule has 0 radical (unpaired) electrons. The van der Waals surface area contributed by atoms with Crippen molar-refractivity contribution in [1.29, 1.82) is 0 Å². The maximum atomic E-state index is 10.3. The Balaban J connectivity index is 0.00000486. The van der Waals surface area contributed by atoms with Crippen LogP contribution in [0.3, 0.4) is 0 Å². The molecule has 0 aliphatic carbocycles. The first-order valence-corrected chi connectivity index (χ1v) is 17.7. The lowest BCUT2D eigenvalue weighted by Gasteiger charge is -2.32. The number of rotatable bonds is 10. The normalized spacial score (nSPS) is 13.2. The van der Waals surface area contributed by atoms with Gasteiger partial charge in [-0.1, -0.05) is 95.7 Å². The summed E-state index contributed by atoms with van der Waals surface area (Å²) < 4.78 is 6.34. The average Bonchev–Trinajstić information content (AvgIpc) is 2.88. The van der Waals surface area contributed by atoms with Crippen LogP contribution in [-0.4, -0.2) is 51.4 Å². The number of aliphatic hydroxyl groups excluding tert-OH is 4. The largest absolute Gasteiger partial charge is 0.513 e. The molecule has 4 N–H and O–H groups in total. The molecule has 264 valence electrons. The van der Waals surface area contributed by atoms with E-state index in [1.165, 1.54) is 32.0 Å². The van der Waals surface area contributed by atoms with Crippen LogP contribution < -0.4 is 4.74 Å². The minimum Gasteiger partial charge on any atom is -0.513 e.